The molecule has 1 saturated heterocycles. The minimum Gasteiger partial charge on any atom is -0.475 e. The van der Waals surface area contributed by atoms with Gasteiger partial charge in [-0.05, 0) is 45.0 Å². The molecule has 20 heavy (non-hydrogen) atoms. The molecule has 1 aliphatic rings. The van der Waals surface area contributed by atoms with Crippen molar-refractivity contribution in [1.29, 1.82) is 0 Å². The smallest absolute Gasteiger partial charge is 0.371 e. The Morgan fingerprint density at radius 1 is 1.45 bits per heavy atom. The fraction of sp³-hybridized carbons (Fsp3) is 0.583. The molecule has 0 aromatic carbocycles. The molecular weight excluding hydrogens is 284 g/mol. The molecule has 0 bridgehead atoms. The summed E-state index contributed by atoms with van der Waals surface area (Å²) in [6.07, 6.45) is 2.28. The molecule has 1 aromatic heterocycles. The van der Waals surface area contributed by atoms with E-state index in [9.17, 15) is 13.2 Å². The first-order valence-corrected chi connectivity index (χ1v) is 7.94. The first kappa shape index (κ1) is 15.0. The maximum Gasteiger partial charge on any atom is 0.371 e. The number of carbonyl (C=O) groups is 1. The van der Waals surface area contributed by atoms with E-state index in [4.69, 9.17) is 9.52 Å². The third-order valence-corrected chi connectivity index (χ3v) is 4.61. The molecule has 0 aliphatic carbocycles. The van der Waals surface area contributed by atoms with Gasteiger partial charge in [0, 0.05) is 12.6 Å². The monoisotopic (exact) mass is 302 g/mol. The standard InChI is InChI=1S/C12H18N2O5S/c1-9(8-14-6-2-3-7-14)13-20(17,18)11-5-4-10(19-11)12(15)16/h4-5,9,13H,2-3,6-8H2,1H3,(H,15,16). The first-order chi connectivity index (χ1) is 9.38. The molecule has 2 heterocycles. The lowest BCUT2D eigenvalue weighted by Gasteiger charge is -2.20. The Bertz CT molecular complexity index is 574. The maximum absolute atomic E-state index is 12.0. The largest absolute Gasteiger partial charge is 0.475 e. The minimum absolute atomic E-state index is 0.267. The SMILES string of the molecule is CC(CN1CCCC1)NS(=O)(=O)c1ccc(C(=O)O)o1. The summed E-state index contributed by atoms with van der Waals surface area (Å²) < 4.78 is 31.4. The van der Waals surface area contributed by atoms with E-state index >= 15 is 0 Å². The molecule has 8 heteroatoms. The lowest BCUT2D eigenvalue weighted by molar-refractivity contribution is 0.0656. The first-order valence-electron chi connectivity index (χ1n) is 6.46. The van der Waals surface area contributed by atoms with Gasteiger partial charge in [-0.15, -0.1) is 0 Å². The van der Waals surface area contributed by atoms with E-state index < -0.39 is 21.8 Å². The average molecular weight is 302 g/mol. The zero-order chi connectivity index (χ0) is 14.8. The van der Waals surface area contributed by atoms with E-state index in [0.29, 0.717) is 6.54 Å². The van der Waals surface area contributed by atoms with Crippen molar-refractivity contribution in [3.63, 3.8) is 0 Å². The van der Waals surface area contributed by atoms with Crippen LogP contribution in [0.5, 0.6) is 0 Å². The molecule has 2 rings (SSSR count). The van der Waals surface area contributed by atoms with Crippen molar-refractivity contribution in [3.8, 4) is 0 Å². The molecule has 1 aliphatic heterocycles. The van der Waals surface area contributed by atoms with Crippen LogP contribution in [0.25, 0.3) is 0 Å². The van der Waals surface area contributed by atoms with Crippen molar-refractivity contribution in [2.45, 2.75) is 30.9 Å². The molecule has 1 unspecified atom stereocenters. The number of carboxylic acids is 1. The number of nitrogens with one attached hydrogen (secondary N) is 1. The number of rotatable bonds is 6. The Kier molecular flexibility index (Phi) is 4.46. The molecule has 0 spiro atoms. The maximum atomic E-state index is 12.0. The number of hydrogen-bond donors (Lipinski definition) is 2. The van der Waals surface area contributed by atoms with Crippen LogP contribution >= 0.6 is 0 Å². The molecule has 7 nitrogen and oxygen atoms in total. The summed E-state index contributed by atoms with van der Waals surface area (Å²) in [7, 11) is -3.82. The third kappa shape index (κ3) is 3.59. The Morgan fingerprint density at radius 3 is 2.65 bits per heavy atom. The van der Waals surface area contributed by atoms with Gasteiger partial charge in [0.1, 0.15) is 0 Å². The molecule has 1 atom stereocenters. The quantitative estimate of drug-likeness (QED) is 0.804. The van der Waals surface area contributed by atoms with Crippen LogP contribution in [0.4, 0.5) is 0 Å². The van der Waals surface area contributed by atoms with Gasteiger partial charge in [0.2, 0.25) is 10.9 Å². The Hall–Kier alpha value is -1.38. The number of sulfonamides is 1. The van der Waals surface area contributed by atoms with Crippen molar-refractivity contribution in [3.05, 3.63) is 17.9 Å². The molecule has 0 saturated carbocycles. The van der Waals surface area contributed by atoms with Gasteiger partial charge in [0.15, 0.2) is 0 Å². The summed E-state index contributed by atoms with van der Waals surface area (Å²) >= 11 is 0. The zero-order valence-electron chi connectivity index (χ0n) is 11.2. The van der Waals surface area contributed by atoms with E-state index in [1.54, 1.807) is 6.92 Å². The highest BCUT2D eigenvalue weighted by Crippen LogP contribution is 2.15. The van der Waals surface area contributed by atoms with E-state index in [2.05, 4.69) is 9.62 Å². The van der Waals surface area contributed by atoms with Crippen LogP contribution in [0, 0.1) is 0 Å². The van der Waals surface area contributed by atoms with Gasteiger partial charge < -0.3 is 14.4 Å². The number of furan rings is 1. The van der Waals surface area contributed by atoms with Crippen molar-refractivity contribution >= 4 is 16.0 Å². The van der Waals surface area contributed by atoms with Crippen molar-refractivity contribution in [2.24, 2.45) is 0 Å². The Labute approximate surface area is 117 Å². The fourth-order valence-electron chi connectivity index (χ4n) is 2.29. The van der Waals surface area contributed by atoms with Gasteiger partial charge in [-0.25, -0.2) is 17.9 Å². The summed E-state index contributed by atoms with van der Waals surface area (Å²) in [4.78, 5) is 12.9. The van der Waals surface area contributed by atoms with Crippen molar-refractivity contribution < 1.29 is 22.7 Å². The predicted octanol–water partition coefficient (Wildman–Crippen LogP) is 0.740. The van der Waals surface area contributed by atoms with Gasteiger partial charge in [-0.1, -0.05) is 0 Å². The molecule has 1 fully saturated rings. The summed E-state index contributed by atoms with van der Waals surface area (Å²) in [6.45, 7) is 4.37. The van der Waals surface area contributed by atoms with Crippen LogP contribution in [0.1, 0.15) is 30.3 Å². The molecule has 0 amide bonds. The van der Waals surface area contributed by atoms with E-state index in [1.807, 2.05) is 0 Å². The lowest BCUT2D eigenvalue weighted by atomic mass is 10.3. The second-order valence-corrected chi connectivity index (χ2v) is 6.60. The summed E-state index contributed by atoms with van der Waals surface area (Å²) in [6, 6.07) is 2.01. The number of carboxylic acid groups (broad SMARTS) is 1. The molecule has 2 N–H and O–H groups in total. The van der Waals surface area contributed by atoms with Gasteiger partial charge in [-0.2, -0.15) is 0 Å². The minimum atomic E-state index is -3.82. The second kappa shape index (κ2) is 5.94. The summed E-state index contributed by atoms with van der Waals surface area (Å²) in [5.41, 5.74) is 0. The van der Waals surface area contributed by atoms with Gasteiger partial charge >= 0.3 is 5.97 Å². The molecule has 112 valence electrons. The number of likely N-dealkylation sites (tertiary alicyclic amines) is 1. The van der Waals surface area contributed by atoms with Gasteiger partial charge in [0.05, 0.1) is 0 Å². The molecular formula is C12H18N2O5S. The van der Waals surface area contributed by atoms with Gasteiger partial charge in [0.25, 0.3) is 10.0 Å². The molecule has 1 aromatic rings. The summed E-state index contributed by atoms with van der Waals surface area (Å²) in [5, 5.41) is 8.35. The van der Waals surface area contributed by atoms with Crippen LogP contribution < -0.4 is 4.72 Å². The zero-order valence-corrected chi connectivity index (χ0v) is 12.0. The normalized spacial score (nSPS) is 18.2. The van der Waals surface area contributed by atoms with E-state index in [-0.39, 0.29) is 11.1 Å². The van der Waals surface area contributed by atoms with Crippen molar-refractivity contribution in [2.75, 3.05) is 19.6 Å². The van der Waals surface area contributed by atoms with Crippen LogP contribution in [0.2, 0.25) is 0 Å². The highest BCUT2D eigenvalue weighted by atomic mass is 32.2. The van der Waals surface area contributed by atoms with E-state index in [1.165, 1.54) is 0 Å². The average Bonchev–Trinajstić information content (AvgIpc) is 2.97. The number of hydrogen-bond acceptors (Lipinski definition) is 5. The van der Waals surface area contributed by atoms with Crippen LogP contribution in [-0.2, 0) is 10.0 Å². The number of aromatic carboxylic acids is 1. The van der Waals surface area contributed by atoms with E-state index in [0.717, 1.165) is 38.1 Å². The molecule has 0 radical (unpaired) electrons. The third-order valence-electron chi connectivity index (χ3n) is 3.14. The van der Waals surface area contributed by atoms with Crippen LogP contribution in [0.15, 0.2) is 21.6 Å². The lowest BCUT2D eigenvalue weighted by Crippen LogP contribution is -2.40. The summed E-state index contributed by atoms with van der Waals surface area (Å²) in [5.74, 6) is -1.69. The number of nitrogens with zero attached hydrogens (tertiary/aromatic N) is 1. The fourth-order valence-corrected chi connectivity index (χ4v) is 3.46. The highest BCUT2D eigenvalue weighted by molar-refractivity contribution is 7.89. The predicted molar refractivity (Wildman–Crippen MR) is 71.1 cm³/mol. The topological polar surface area (TPSA) is 99.9 Å². The van der Waals surface area contributed by atoms with Gasteiger partial charge in [-0.3, -0.25) is 0 Å². The second-order valence-electron chi connectivity index (χ2n) is 4.95. The van der Waals surface area contributed by atoms with Crippen LogP contribution in [-0.4, -0.2) is 50.1 Å². The Balaban J connectivity index is 2.00. The Morgan fingerprint density at radius 2 is 2.10 bits per heavy atom. The highest BCUT2D eigenvalue weighted by Gasteiger charge is 2.24. The van der Waals surface area contributed by atoms with Crippen molar-refractivity contribution in [1.82, 2.24) is 9.62 Å². The van der Waals surface area contributed by atoms with Crippen LogP contribution in [0.3, 0.4) is 0 Å².